The van der Waals surface area contributed by atoms with Crippen molar-refractivity contribution in [2.45, 2.75) is 45.7 Å². The SMILES string of the molecule is CCNC(=NCC(C)N1CCOCC1)NCCN(CC)C1CC1. The monoisotopic (exact) mass is 325 g/mol. The van der Waals surface area contributed by atoms with Crippen LogP contribution < -0.4 is 10.6 Å². The highest BCUT2D eigenvalue weighted by Gasteiger charge is 2.27. The average molecular weight is 326 g/mol. The minimum atomic E-state index is 0.466. The third-order valence-electron chi connectivity index (χ3n) is 4.69. The van der Waals surface area contributed by atoms with Crippen LogP contribution in [0.2, 0.25) is 0 Å². The third-order valence-corrected chi connectivity index (χ3v) is 4.69. The van der Waals surface area contributed by atoms with Gasteiger partial charge in [0.25, 0.3) is 0 Å². The van der Waals surface area contributed by atoms with Gasteiger partial charge < -0.3 is 15.4 Å². The number of nitrogens with zero attached hydrogens (tertiary/aromatic N) is 3. The van der Waals surface area contributed by atoms with Crippen LogP contribution in [0.15, 0.2) is 4.99 Å². The fourth-order valence-electron chi connectivity index (χ4n) is 3.06. The Morgan fingerprint density at radius 3 is 2.61 bits per heavy atom. The van der Waals surface area contributed by atoms with Crippen molar-refractivity contribution in [2.24, 2.45) is 4.99 Å². The molecule has 6 heteroatoms. The summed E-state index contributed by atoms with van der Waals surface area (Å²) in [5.41, 5.74) is 0. The van der Waals surface area contributed by atoms with E-state index >= 15 is 0 Å². The number of hydrogen-bond acceptors (Lipinski definition) is 4. The summed E-state index contributed by atoms with van der Waals surface area (Å²) in [5.74, 6) is 0.944. The average Bonchev–Trinajstić information content (AvgIpc) is 3.42. The highest BCUT2D eigenvalue weighted by Crippen LogP contribution is 2.25. The number of aliphatic imine (C=N–C) groups is 1. The molecule has 1 atom stereocenters. The molecule has 1 saturated carbocycles. The summed E-state index contributed by atoms with van der Waals surface area (Å²) >= 11 is 0. The van der Waals surface area contributed by atoms with Crippen LogP contribution in [0.25, 0.3) is 0 Å². The minimum absolute atomic E-state index is 0.466. The van der Waals surface area contributed by atoms with Gasteiger partial charge in [0.2, 0.25) is 0 Å². The molecule has 2 rings (SSSR count). The van der Waals surface area contributed by atoms with E-state index in [1.54, 1.807) is 0 Å². The molecule has 1 unspecified atom stereocenters. The van der Waals surface area contributed by atoms with E-state index < -0.39 is 0 Å². The van der Waals surface area contributed by atoms with Crippen molar-refractivity contribution < 1.29 is 4.74 Å². The zero-order valence-electron chi connectivity index (χ0n) is 15.2. The van der Waals surface area contributed by atoms with E-state index in [2.05, 4.69) is 41.2 Å². The van der Waals surface area contributed by atoms with Crippen LogP contribution >= 0.6 is 0 Å². The van der Waals surface area contributed by atoms with Crippen molar-refractivity contribution >= 4 is 5.96 Å². The number of nitrogens with one attached hydrogen (secondary N) is 2. The zero-order chi connectivity index (χ0) is 16.5. The lowest BCUT2D eigenvalue weighted by Crippen LogP contribution is -2.45. The second-order valence-corrected chi connectivity index (χ2v) is 6.50. The maximum absolute atomic E-state index is 5.42. The molecule has 23 heavy (non-hydrogen) atoms. The van der Waals surface area contributed by atoms with Gasteiger partial charge in [-0.3, -0.25) is 14.8 Å². The van der Waals surface area contributed by atoms with Gasteiger partial charge in [-0.15, -0.1) is 0 Å². The fraction of sp³-hybridized carbons (Fsp3) is 0.941. The molecule has 0 bridgehead atoms. The van der Waals surface area contributed by atoms with Gasteiger partial charge in [-0.2, -0.15) is 0 Å². The molecule has 1 aliphatic heterocycles. The number of hydrogen-bond donors (Lipinski definition) is 2. The number of ether oxygens (including phenoxy) is 1. The summed E-state index contributed by atoms with van der Waals surface area (Å²) in [4.78, 5) is 9.79. The Morgan fingerprint density at radius 2 is 2.00 bits per heavy atom. The molecular formula is C17H35N5O. The van der Waals surface area contributed by atoms with Gasteiger partial charge in [-0.25, -0.2) is 0 Å². The Labute approximate surface area is 141 Å². The molecular weight excluding hydrogens is 290 g/mol. The first-order chi connectivity index (χ1) is 11.2. The molecule has 2 fully saturated rings. The van der Waals surface area contributed by atoms with Crippen molar-refractivity contribution in [3.05, 3.63) is 0 Å². The van der Waals surface area contributed by atoms with E-state index in [0.717, 1.165) is 71.0 Å². The molecule has 1 saturated heterocycles. The van der Waals surface area contributed by atoms with Crippen LogP contribution in [0.3, 0.4) is 0 Å². The van der Waals surface area contributed by atoms with E-state index in [1.807, 2.05) is 0 Å². The zero-order valence-corrected chi connectivity index (χ0v) is 15.2. The van der Waals surface area contributed by atoms with E-state index in [-0.39, 0.29) is 0 Å². The molecule has 0 aromatic carbocycles. The third kappa shape index (κ3) is 6.65. The first-order valence-electron chi connectivity index (χ1n) is 9.32. The van der Waals surface area contributed by atoms with Crippen LogP contribution in [0.5, 0.6) is 0 Å². The lowest BCUT2D eigenvalue weighted by atomic mass is 10.2. The number of rotatable bonds is 9. The molecule has 2 N–H and O–H groups in total. The first-order valence-corrected chi connectivity index (χ1v) is 9.32. The first kappa shape index (κ1) is 18.5. The van der Waals surface area contributed by atoms with Crippen LogP contribution in [0.1, 0.15) is 33.6 Å². The smallest absolute Gasteiger partial charge is 0.191 e. The van der Waals surface area contributed by atoms with Gasteiger partial charge in [0.05, 0.1) is 19.8 Å². The summed E-state index contributed by atoms with van der Waals surface area (Å²) < 4.78 is 5.42. The van der Waals surface area contributed by atoms with Gasteiger partial charge in [-0.05, 0) is 33.2 Å². The van der Waals surface area contributed by atoms with E-state index in [9.17, 15) is 0 Å². The number of morpholine rings is 1. The molecule has 6 nitrogen and oxygen atoms in total. The molecule has 0 aromatic rings. The second kappa shape index (κ2) is 10.1. The van der Waals surface area contributed by atoms with Gasteiger partial charge in [0.15, 0.2) is 5.96 Å². The number of likely N-dealkylation sites (N-methyl/N-ethyl adjacent to an activating group) is 1. The number of guanidine groups is 1. The van der Waals surface area contributed by atoms with Gasteiger partial charge in [0.1, 0.15) is 0 Å². The maximum atomic E-state index is 5.42. The summed E-state index contributed by atoms with van der Waals surface area (Å²) in [7, 11) is 0. The highest BCUT2D eigenvalue weighted by molar-refractivity contribution is 5.79. The molecule has 0 amide bonds. The minimum Gasteiger partial charge on any atom is -0.379 e. The van der Waals surface area contributed by atoms with Crippen molar-refractivity contribution in [1.29, 1.82) is 0 Å². The molecule has 0 radical (unpaired) electrons. The van der Waals surface area contributed by atoms with E-state index in [1.165, 1.54) is 12.8 Å². The van der Waals surface area contributed by atoms with Crippen molar-refractivity contribution in [3.8, 4) is 0 Å². The van der Waals surface area contributed by atoms with E-state index in [0.29, 0.717) is 6.04 Å². The van der Waals surface area contributed by atoms with Crippen LogP contribution in [0, 0.1) is 0 Å². The molecule has 0 spiro atoms. The Balaban J connectivity index is 1.72. The van der Waals surface area contributed by atoms with Gasteiger partial charge in [0, 0.05) is 44.8 Å². The summed E-state index contributed by atoms with van der Waals surface area (Å²) in [5, 5.41) is 6.84. The predicted octanol–water partition coefficient (Wildman–Crippen LogP) is 0.747. The Bertz CT molecular complexity index is 353. The standard InChI is InChI=1S/C17H35N5O/c1-4-18-17(19-8-9-21(5-2)16-6-7-16)20-14-15(3)22-10-12-23-13-11-22/h15-16H,4-14H2,1-3H3,(H2,18,19,20). The van der Waals surface area contributed by atoms with Crippen molar-refractivity contribution in [1.82, 2.24) is 20.4 Å². The largest absolute Gasteiger partial charge is 0.379 e. The second-order valence-electron chi connectivity index (χ2n) is 6.50. The Hall–Kier alpha value is -0.850. The lowest BCUT2D eigenvalue weighted by molar-refractivity contribution is 0.0220. The topological polar surface area (TPSA) is 52.1 Å². The Kier molecular flexibility index (Phi) is 8.12. The molecule has 0 aromatic heterocycles. The molecule has 2 aliphatic rings. The normalized spacial score (nSPS) is 21.5. The summed E-state index contributed by atoms with van der Waals surface area (Å²) in [6.07, 6.45) is 2.75. The fourth-order valence-corrected chi connectivity index (χ4v) is 3.06. The van der Waals surface area contributed by atoms with Crippen LogP contribution in [-0.2, 0) is 4.74 Å². The molecule has 1 heterocycles. The van der Waals surface area contributed by atoms with Gasteiger partial charge >= 0.3 is 0 Å². The van der Waals surface area contributed by atoms with Crippen molar-refractivity contribution in [3.63, 3.8) is 0 Å². The highest BCUT2D eigenvalue weighted by atomic mass is 16.5. The quantitative estimate of drug-likeness (QED) is 0.484. The molecule has 1 aliphatic carbocycles. The van der Waals surface area contributed by atoms with E-state index in [4.69, 9.17) is 9.73 Å². The Morgan fingerprint density at radius 1 is 1.26 bits per heavy atom. The molecule has 134 valence electrons. The van der Waals surface area contributed by atoms with Crippen LogP contribution in [-0.4, -0.2) is 86.9 Å². The maximum Gasteiger partial charge on any atom is 0.191 e. The lowest BCUT2D eigenvalue weighted by Gasteiger charge is -2.31. The predicted molar refractivity (Wildman–Crippen MR) is 96.1 cm³/mol. The van der Waals surface area contributed by atoms with Crippen LogP contribution in [0.4, 0.5) is 0 Å². The summed E-state index contributed by atoms with van der Waals surface area (Å²) in [6.45, 7) is 15.3. The van der Waals surface area contributed by atoms with Gasteiger partial charge in [-0.1, -0.05) is 6.92 Å². The van der Waals surface area contributed by atoms with Crippen molar-refractivity contribution in [2.75, 3.05) is 59.0 Å². The summed E-state index contributed by atoms with van der Waals surface area (Å²) in [6, 6.07) is 1.30.